The van der Waals surface area contributed by atoms with Gasteiger partial charge in [0.1, 0.15) is 0 Å². The van der Waals surface area contributed by atoms with Gasteiger partial charge in [0.05, 0.1) is 0 Å². The summed E-state index contributed by atoms with van der Waals surface area (Å²) in [6, 6.07) is 8.43. The zero-order valence-corrected chi connectivity index (χ0v) is 9.42. The van der Waals surface area contributed by atoms with Gasteiger partial charge in [-0.1, -0.05) is 34.1 Å². The van der Waals surface area contributed by atoms with Crippen molar-refractivity contribution >= 4 is 21.5 Å². The van der Waals surface area contributed by atoms with Crippen molar-refractivity contribution in [2.75, 3.05) is 13.1 Å². The first-order chi connectivity index (χ1) is 6.75. The first-order valence-electron chi connectivity index (χ1n) is 4.68. The van der Waals surface area contributed by atoms with Crippen molar-refractivity contribution < 1.29 is 0 Å². The summed E-state index contributed by atoms with van der Waals surface area (Å²) in [6.45, 7) is 1.78. The largest absolute Gasteiger partial charge is 0.323 e. The molecule has 0 aromatic heterocycles. The number of hydrogen-bond acceptors (Lipinski definition) is 2. The molecule has 1 atom stereocenters. The SMILES string of the molecule is NC1C=C(c2cccc(Br)c2)CNC1. The summed E-state index contributed by atoms with van der Waals surface area (Å²) in [5.74, 6) is 0. The standard InChI is InChI=1S/C11H13BrN2/c12-10-3-1-2-8(4-10)9-5-11(13)7-14-6-9/h1-5,11,14H,6-7,13H2. The Morgan fingerprint density at radius 1 is 1.43 bits per heavy atom. The van der Waals surface area contributed by atoms with Crippen molar-refractivity contribution in [2.24, 2.45) is 5.73 Å². The van der Waals surface area contributed by atoms with Gasteiger partial charge in [-0.25, -0.2) is 0 Å². The highest BCUT2D eigenvalue weighted by Crippen LogP contribution is 2.20. The molecule has 0 saturated heterocycles. The molecule has 14 heavy (non-hydrogen) atoms. The van der Waals surface area contributed by atoms with Gasteiger partial charge in [-0.3, -0.25) is 0 Å². The van der Waals surface area contributed by atoms with Crippen molar-refractivity contribution in [1.82, 2.24) is 5.32 Å². The summed E-state index contributed by atoms with van der Waals surface area (Å²) >= 11 is 3.46. The molecule has 2 nitrogen and oxygen atoms in total. The number of nitrogens with one attached hydrogen (secondary N) is 1. The van der Waals surface area contributed by atoms with Crippen LogP contribution in [0.5, 0.6) is 0 Å². The van der Waals surface area contributed by atoms with Crippen LogP contribution in [0.15, 0.2) is 34.8 Å². The van der Waals surface area contributed by atoms with E-state index in [0.717, 1.165) is 17.6 Å². The molecule has 0 radical (unpaired) electrons. The number of halogens is 1. The van der Waals surface area contributed by atoms with Crippen LogP contribution in [0.1, 0.15) is 5.56 Å². The lowest BCUT2D eigenvalue weighted by Crippen LogP contribution is -2.37. The van der Waals surface area contributed by atoms with E-state index in [1.165, 1.54) is 11.1 Å². The molecule has 1 unspecified atom stereocenters. The molecule has 1 aliphatic heterocycles. The van der Waals surface area contributed by atoms with Gasteiger partial charge in [-0.2, -0.15) is 0 Å². The van der Waals surface area contributed by atoms with Gasteiger partial charge >= 0.3 is 0 Å². The Bertz CT molecular complexity index is 360. The average Bonchev–Trinajstić information content (AvgIpc) is 2.18. The normalized spacial score (nSPS) is 21.9. The van der Waals surface area contributed by atoms with E-state index < -0.39 is 0 Å². The fourth-order valence-corrected chi connectivity index (χ4v) is 2.04. The first-order valence-corrected chi connectivity index (χ1v) is 5.48. The molecule has 1 aromatic carbocycles. The predicted molar refractivity (Wildman–Crippen MR) is 63.0 cm³/mol. The van der Waals surface area contributed by atoms with E-state index in [1.807, 2.05) is 12.1 Å². The summed E-state index contributed by atoms with van der Waals surface area (Å²) < 4.78 is 1.11. The molecule has 2 rings (SSSR count). The highest BCUT2D eigenvalue weighted by atomic mass is 79.9. The van der Waals surface area contributed by atoms with E-state index >= 15 is 0 Å². The minimum atomic E-state index is 0.137. The third kappa shape index (κ3) is 2.23. The summed E-state index contributed by atoms with van der Waals surface area (Å²) in [5.41, 5.74) is 8.37. The number of hydrogen-bond donors (Lipinski definition) is 2. The minimum Gasteiger partial charge on any atom is -0.323 e. The van der Waals surface area contributed by atoms with Crippen molar-refractivity contribution in [3.05, 3.63) is 40.4 Å². The third-order valence-electron chi connectivity index (χ3n) is 2.31. The van der Waals surface area contributed by atoms with Crippen molar-refractivity contribution in [2.45, 2.75) is 6.04 Å². The fraction of sp³-hybridized carbons (Fsp3) is 0.273. The molecule has 1 aliphatic rings. The maximum absolute atomic E-state index is 5.85. The third-order valence-corrected chi connectivity index (χ3v) is 2.80. The van der Waals surface area contributed by atoms with Crippen LogP contribution in [0, 0.1) is 0 Å². The molecule has 1 aromatic rings. The number of rotatable bonds is 1. The molecule has 3 heteroatoms. The van der Waals surface area contributed by atoms with Gasteiger partial charge in [0.25, 0.3) is 0 Å². The van der Waals surface area contributed by atoms with E-state index in [2.05, 4.69) is 39.5 Å². The Morgan fingerprint density at radius 2 is 2.29 bits per heavy atom. The molecule has 0 bridgehead atoms. The van der Waals surface area contributed by atoms with E-state index in [0.29, 0.717) is 0 Å². The average molecular weight is 253 g/mol. The van der Waals surface area contributed by atoms with Crippen LogP contribution in [-0.4, -0.2) is 19.1 Å². The zero-order chi connectivity index (χ0) is 9.97. The molecule has 0 spiro atoms. The molecule has 0 fully saturated rings. The van der Waals surface area contributed by atoms with Crippen molar-refractivity contribution in [1.29, 1.82) is 0 Å². The molecular formula is C11H13BrN2. The molecule has 0 amide bonds. The van der Waals surface area contributed by atoms with E-state index in [4.69, 9.17) is 5.73 Å². The van der Waals surface area contributed by atoms with Crippen LogP contribution in [0.2, 0.25) is 0 Å². The van der Waals surface area contributed by atoms with Crippen LogP contribution in [0.3, 0.4) is 0 Å². The highest BCUT2D eigenvalue weighted by Gasteiger charge is 2.10. The topological polar surface area (TPSA) is 38.0 Å². The smallest absolute Gasteiger partial charge is 0.0357 e. The van der Waals surface area contributed by atoms with Gasteiger partial charge in [0.2, 0.25) is 0 Å². The molecule has 3 N–H and O–H groups in total. The van der Waals surface area contributed by atoms with Crippen LogP contribution < -0.4 is 11.1 Å². The molecule has 0 aliphatic carbocycles. The predicted octanol–water partition coefficient (Wildman–Crippen LogP) is 1.76. The van der Waals surface area contributed by atoms with E-state index in [1.54, 1.807) is 0 Å². The molecule has 1 heterocycles. The van der Waals surface area contributed by atoms with Gasteiger partial charge < -0.3 is 11.1 Å². The van der Waals surface area contributed by atoms with Gasteiger partial charge in [0.15, 0.2) is 0 Å². The first kappa shape index (κ1) is 9.90. The van der Waals surface area contributed by atoms with E-state index in [9.17, 15) is 0 Å². The Kier molecular flexibility index (Phi) is 3.01. The second-order valence-corrected chi connectivity index (χ2v) is 4.41. The maximum atomic E-state index is 5.85. The quantitative estimate of drug-likeness (QED) is 0.800. The van der Waals surface area contributed by atoms with Crippen LogP contribution in [-0.2, 0) is 0 Å². The highest BCUT2D eigenvalue weighted by molar-refractivity contribution is 9.10. The molecular weight excluding hydrogens is 240 g/mol. The van der Waals surface area contributed by atoms with E-state index in [-0.39, 0.29) is 6.04 Å². The van der Waals surface area contributed by atoms with Gasteiger partial charge in [-0.05, 0) is 23.3 Å². The zero-order valence-electron chi connectivity index (χ0n) is 7.83. The molecule has 74 valence electrons. The lowest BCUT2D eigenvalue weighted by atomic mass is 10.0. The second-order valence-electron chi connectivity index (χ2n) is 3.50. The Labute approximate surface area is 92.3 Å². The van der Waals surface area contributed by atoms with Gasteiger partial charge in [-0.15, -0.1) is 0 Å². The lowest BCUT2D eigenvalue weighted by Gasteiger charge is -2.19. The van der Waals surface area contributed by atoms with Crippen LogP contribution in [0.25, 0.3) is 5.57 Å². The molecule has 0 saturated carbocycles. The summed E-state index contributed by atoms with van der Waals surface area (Å²) in [7, 11) is 0. The number of nitrogens with two attached hydrogens (primary N) is 1. The summed E-state index contributed by atoms with van der Waals surface area (Å²) in [5, 5.41) is 3.29. The summed E-state index contributed by atoms with van der Waals surface area (Å²) in [6.07, 6.45) is 2.14. The van der Waals surface area contributed by atoms with Crippen LogP contribution >= 0.6 is 15.9 Å². The number of benzene rings is 1. The Balaban J connectivity index is 2.30. The monoisotopic (exact) mass is 252 g/mol. The Hall–Kier alpha value is -0.640. The van der Waals surface area contributed by atoms with Crippen LogP contribution in [0.4, 0.5) is 0 Å². The van der Waals surface area contributed by atoms with Gasteiger partial charge in [0, 0.05) is 23.6 Å². The van der Waals surface area contributed by atoms with Crippen molar-refractivity contribution in [3.8, 4) is 0 Å². The minimum absolute atomic E-state index is 0.137. The second kappa shape index (κ2) is 4.26. The fourth-order valence-electron chi connectivity index (χ4n) is 1.64. The Morgan fingerprint density at radius 3 is 3.00 bits per heavy atom. The van der Waals surface area contributed by atoms with Crippen molar-refractivity contribution in [3.63, 3.8) is 0 Å². The lowest BCUT2D eigenvalue weighted by molar-refractivity contribution is 0.663. The summed E-state index contributed by atoms with van der Waals surface area (Å²) in [4.78, 5) is 0. The maximum Gasteiger partial charge on any atom is 0.0357 e.